The summed E-state index contributed by atoms with van der Waals surface area (Å²) in [5.41, 5.74) is 4.05. The predicted octanol–water partition coefficient (Wildman–Crippen LogP) is 7.57. The van der Waals surface area contributed by atoms with E-state index in [0.717, 1.165) is 5.56 Å². The van der Waals surface area contributed by atoms with E-state index in [2.05, 4.69) is 21.3 Å². The molecule has 0 saturated heterocycles. The molecule has 0 fully saturated rings. The maximum absolute atomic E-state index is 14.7. The van der Waals surface area contributed by atoms with Crippen molar-refractivity contribution >= 4 is 53.7 Å². The van der Waals surface area contributed by atoms with Gasteiger partial charge in [-0.2, -0.15) is 0 Å². The molecule has 0 saturated carbocycles. The molecule has 0 aliphatic carbocycles. The van der Waals surface area contributed by atoms with Crippen molar-refractivity contribution in [1.29, 1.82) is 0 Å². The number of carbonyl (C=O) groups is 9. The first-order valence-electron chi connectivity index (χ1n) is 26.7. The fourth-order valence-electron chi connectivity index (χ4n) is 7.90. The Kier molecular flexibility index (Phi) is 25.8. The van der Waals surface area contributed by atoms with Crippen LogP contribution in [0.25, 0.3) is 0 Å². The second-order valence-electron chi connectivity index (χ2n) is 18.8. The molecule has 6 aromatic carbocycles. The number of esters is 5. The summed E-state index contributed by atoms with van der Waals surface area (Å²) in [6, 6.07) is 46.5. The zero-order valence-electron chi connectivity index (χ0n) is 45.2. The molecule has 6 rings (SSSR count). The van der Waals surface area contributed by atoms with Crippen LogP contribution in [0.1, 0.15) is 84.7 Å². The van der Waals surface area contributed by atoms with Crippen molar-refractivity contribution in [2.45, 2.75) is 115 Å². The van der Waals surface area contributed by atoms with Crippen LogP contribution in [0.3, 0.4) is 0 Å². The second-order valence-corrected chi connectivity index (χ2v) is 18.8. The third-order valence-electron chi connectivity index (χ3n) is 12.4. The monoisotopic (exact) mass is 1120 g/mol. The Hall–Kier alpha value is -9.65. The minimum absolute atomic E-state index is 0.0530. The van der Waals surface area contributed by atoms with Crippen molar-refractivity contribution < 1.29 is 71.6 Å². The zero-order chi connectivity index (χ0) is 58.2. The molecule has 0 radical (unpaired) electrons. The molecule has 0 unspecified atom stereocenters. The van der Waals surface area contributed by atoms with Crippen LogP contribution in [-0.2, 0) is 106 Å². The normalized spacial score (nSPS) is 12.1. The molecule has 82 heavy (non-hydrogen) atoms. The van der Waals surface area contributed by atoms with E-state index in [9.17, 15) is 43.2 Å². The largest absolute Gasteiger partial charge is 0.461 e. The van der Waals surface area contributed by atoms with E-state index < -0.39 is 104 Å². The van der Waals surface area contributed by atoms with Gasteiger partial charge in [0.25, 0.3) is 0 Å². The maximum atomic E-state index is 14.7. The number of hydrogen-bond donors (Lipinski definition) is 4. The Bertz CT molecular complexity index is 2970. The SMILES string of the molecule is O=C(CC[C@H](NC(=O)OCc1ccccc1)C(=O)N[C@@H](CCC(=O)OCc1ccccc1)C(=O)N[C@@H](CCC(=O)OCc1ccccc1)C(=O)N[C@@H](CCC(=O)OCc1ccccc1)C(=O)OCc1ccccc1)OCc1ccccc1. The minimum Gasteiger partial charge on any atom is -0.461 e. The van der Waals surface area contributed by atoms with E-state index in [-0.39, 0.29) is 65.3 Å². The number of carbonyl (C=O) groups excluding carboxylic acids is 9. The molecular formula is C63H66N4O15. The maximum Gasteiger partial charge on any atom is 0.408 e. The first kappa shape index (κ1) is 61.6. The number of amides is 4. The second kappa shape index (κ2) is 34.4. The van der Waals surface area contributed by atoms with Crippen molar-refractivity contribution in [2.24, 2.45) is 0 Å². The van der Waals surface area contributed by atoms with Gasteiger partial charge in [0.1, 0.15) is 63.8 Å². The first-order chi connectivity index (χ1) is 39.9. The van der Waals surface area contributed by atoms with E-state index in [1.165, 1.54) is 0 Å². The summed E-state index contributed by atoms with van der Waals surface area (Å²) in [4.78, 5) is 123. The van der Waals surface area contributed by atoms with Crippen LogP contribution >= 0.6 is 0 Å². The van der Waals surface area contributed by atoms with Gasteiger partial charge >= 0.3 is 35.9 Å². The Labute approximate surface area is 475 Å². The molecule has 0 aliphatic rings. The Morgan fingerprint density at radius 2 is 0.488 bits per heavy atom. The summed E-state index contributed by atoms with van der Waals surface area (Å²) in [5, 5.41) is 10.2. The standard InChI is InChI=1S/C63H66N4O15/c68-55(77-39-45-19-7-1-8-20-45)35-31-51(65-61(74)53(67-63(76)82-44-50-29-17-6-18-30-50)33-37-57(70)79-41-47-23-11-3-12-24-47)59(72)64-52(32-36-56(69)78-40-46-21-9-2-10-22-46)60(73)66-54(62(75)81-43-49-27-15-5-16-28-49)34-38-58(71)80-42-48-25-13-4-14-26-48/h1-30,51-54H,31-44H2,(H,64,72)(H,65,74)(H,66,73)(H,67,76)/t51-,52-,53-,54-/m0/s1. The lowest BCUT2D eigenvalue weighted by molar-refractivity contribution is -0.151. The van der Waals surface area contributed by atoms with Crippen molar-refractivity contribution in [3.63, 3.8) is 0 Å². The van der Waals surface area contributed by atoms with Gasteiger partial charge in [-0.3, -0.25) is 33.6 Å². The summed E-state index contributed by atoms with van der Waals surface area (Å²) < 4.78 is 32.8. The minimum atomic E-state index is -1.65. The number of benzene rings is 6. The van der Waals surface area contributed by atoms with Gasteiger partial charge in [0.2, 0.25) is 17.7 Å². The molecule has 0 spiro atoms. The van der Waals surface area contributed by atoms with Gasteiger partial charge < -0.3 is 49.7 Å². The molecule has 4 amide bonds. The van der Waals surface area contributed by atoms with E-state index in [1.807, 2.05) is 6.07 Å². The summed E-state index contributed by atoms with van der Waals surface area (Å²) in [6.45, 7) is -0.702. The van der Waals surface area contributed by atoms with Crippen LogP contribution in [0.15, 0.2) is 182 Å². The van der Waals surface area contributed by atoms with Crippen molar-refractivity contribution in [3.8, 4) is 0 Å². The summed E-state index contributed by atoms with van der Waals surface area (Å²) in [6.07, 6.45) is -4.16. The molecule has 0 aromatic heterocycles. The lowest BCUT2D eigenvalue weighted by Crippen LogP contribution is -2.58. The molecule has 428 valence electrons. The molecule has 6 aromatic rings. The number of hydrogen-bond acceptors (Lipinski definition) is 15. The van der Waals surface area contributed by atoms with Crippen LogP contribution in [0.4, 0.5) is 4.79 Å². The van der Waals surface area contributed by atoms with E-state index in [1.54, 1.807) is 176 Å². The highest BCUT2D eigenvalue weighted by Crippen LogP contribution is 2.14. The van der Waals surface area contributed by atoms with Gasteiger partial charge in [-0.15, -0.1) is 0 Å². The van der Waals surface area contributed by atoms with Crippen LogP contribution in [-0.4, -0.2) is 77.8 Å². The quantitative estimate of drug-likeness (QED) is 0.0235. The molecule has 4 atom stereocenters. The lowest BCUT2D eigenvalue weighted by Gasteiger charge is -2.26. The van der Waals surface area contributed by atoms with Crippen molar-refractivity contribution in [1.82, 2.24) is 21.3 Å². The predicted molar refractivity (Wildman–Crippen MR) is 297 cm³/mol. The Morgan fingerprint density at radius 1 is 0.268 bits per heavy atom. The fourth-order valence-corrected chi connectivity index (χ4v) is 7.90. The van der Waals surface area contributed by atoms with E-state index in [0.29, 0.717) is 27.8 Å². The van der Waals surface area contributed by atoms with Gasteiger partial charge in [0.05, 0.1) is 0 Å². The van der Waals surface area contributed by atoms with Gasteiger partial charge in [-0.05, 0) is 59.1 Å². The van der Waals surface area contributed by atoms with Crippen molar-refractivity contribution in [2.75, 3.05) is 0 Å². The van der Waals surface area contributed by atoms with Gasteiger partial charge in [0, 0.05) is 25.7 Å². The summed E-state index contributed by atoms with van der Waals surface area (Å²) in [5.74, 6) is -6.86. The van der Waals surface area contributed by atoms with Gasteiger partial charge in [-0.1, -0.05) is 182 Å². The van der Waals surface area contributed by atoms with E-state index >= 15 is 0 Å². The lowest BCUT2D eigenvalue weighted by atomic mass is 10.0. The molecule has 0 bridgehead atoms. The molecule has 0 aliphatic heterocycles. The highest BCUT2D eigenvalue weighted by molar-refractivity contribution is 5.95. The Morgan fingerprint density at radius 3 is 0.768 bits per heavy atom. The number of ether oxygens (including phenoxy) is 6. The summed E-state index contributed by atoms with van der Waals surface area (Å²) >= 11 is 0. The average Bonchev–Trinajstić information content (AvgIpc) is 3.51. The zero-order valence-corrected chi connectivity index (χ0v) is 45.2. The molecule has 4 N–H and O–H groups in total. The Balaban J connectivity index is 1.23. The molecule has 0 heterocycles. The molecular weight excluding hydrogens is 1050 g/mol. The topological polar surface area (TPSA) is 257 Å². The number of alkyl carbamates (subject to hydrolysis) is 1. The third-order valence-corrected chi connectivity index (χ3v) is 12.4. The van der Waals surface area contributed by atoms with Crippen LogP contribution in [0.2, 0.25) is 0 Å². The van der Waals surface area contributed by atoms with Crippen LogP contribution in [0.5, 0.6) is 0 Å². The first-order valence-corrected chi connectivity index (χ1v) is 26.7. The molecule has 19 heteroatoms. The van der Waals surface area contributed by atoms with Crippen molar-refractivity contribution in [3.05, 3.63) is 215 Å². The van der Waals surface area contributed by atoms with Gasteiger partial charge in [-0.25, -0.2) is 9.59 Å². The smallest absolute Gasteiger partial charge is 0.408 e. The third kappa shape index (κ3) is 23.4. The number of rotatable bonds is 32. The van der Waals surface area contributed by atoms with Crippen LogP contribution in [0, 0.1) is 0 Å². The number of nitrogens with one attached hydrogen (secondary N) is 4. The van der Waals surface area contributed by atoms with E-state index in [4.69, 9.17) is 28.4 Å². The fraction of sp³-hybridized carbons (Fsp3) is 0.286. The molecule has 19 nitrogen and oxygen atoms in total. The summed E-state index contributed by atoms with van der Waals surface area (Å²) in [7, 11) is 0. The average molecular weight is 1120 g/mol. The highest BCUT2D eigenvalue weighted by atomic mass is 16.6. The van der Waals surface area contributed by atoms with Crippen LogP contribution < -0.4 is 21.3 Å². The highest BCUT2D eigenvalue weighted by Gasteiger charge is 2.33. The van der Waals surface area contributed by atoms with Gasteiger partial charge in [0.15, 0.2) is 0 Å².